The van der Waals surface area contributed by atoms with E-state index in [9.17, 15) is 23.5 Å². The number of aliphatic hydroxyl groups is 1. The summed E-state index contributed by atoms with van der Waals surface area (Å²) in [7, 11) is 0. The van der Waals surface area contributed by atoms with E-state index in [2.05, 4.69) is 4.98 Å². The Kier molecular flexibility index (Phi) is 5.63. The van der Waals surface area contributed by atoms with E-state index in [1.807, 2.05) is 48.5 Å². The van der Waals surface area contributed by atoms with Crippen LogP contribution in [0, 0.1) is 11.3 Å². The van der Waals surface area contributed by atoms with Crippen molar-refractivity contribution in [1.82, 2.24) is 4.98 Å². The van der Waals surface area contributed by atoms with E-state index in [0.29, 0.717) is 10.7 Å². The van der Waals surface area contributed by atoms with Crippen molar-refractivity contribution in [3.8, 4) is 28.7 Å². The van der Waals surface area contributed by atoms with Gasteiger partial charge in [0.2, 0.25) is 0 Å². The summed E-state index contributed by atoms with van der Waals surface area (Å²) < 4.78 is 44.7. The lowest BCUT2D eigenvalue weighted by Gasteiger charge is -2.07. The van der Waals surface area contributed by atoms with Gasteiger partial charge in [-0.15, -0.1) is 11.3 Å². The number of nitriles is 1. The van der Waals surface area contributed by atoms with Gasteiger partial charge in [-0.3, -0.25) is 0 Å². The molecule has 0 spiro atoms. The summed E-state index contributed by atoms with van der Waals surface area (Å²) in [5.74, 6) is -0.354. The molecule has 8 heteroatoms. The first-order valence-electron chi connectivity index (χ1n) is 10.4. The summed E-state index contributed by atoms with van der Waals surface area (Å²) in [6, 6.07) is 23.3. The fourth-order valence-corrected chi connectivity index (χ4v) is 4.49. The highest BCUT2D eigenvalue weighted by Crippen LogP contribution is 2.35. The molecule has 35 heavy (non-hydrogen) atoms. The van der Waals surface area contributed by atoms with Gasteiger partial charge in [0.15, 0.2) is 11.5 Å². The average Bonchev–Trinajstić information content (AvgIpc) is 3.54. The predicted molar refractivity (Wildman–Crippen MR) is 129 cm³/mol. The van der Waals surface area contributed by atoms with Crippen LogP contribution in [0.4, 0.5) is 13.2 Å². The quantitative estimate of drug-likeness (QED) is 0.204. The van der Waals surface area contributed by atoms with E-state index < -0.39 is 17.5 Å². The number of benzene rings is 3. The Morgan fingerprint density at radius 3 is 2.49 bits per heavy atom. The van der Waals surface area contributed by atoms with Crippen LogP contribution in [0.2, 0.25) is 0 Å². The molecule has 0 saturated carbocycles. The van der Waals surface area contributed by atoms with Crippen LogP contribution in [0.3, 0.4) is 0 Å². The SMILES string of the molecule is N#C/C(=C(/O)c1ccc(-c2cccc(C(F)(F)F)c2)o1)c1nc(-c2ccc3ccccc3c2)cs1. The van der Waals surface area contributed by atoms with E-state index in [0.717, 1.165) is 28.5 Å². The molecule has 0 aliphatic rings. The Balaban J connectivity index is 1.47. The zero-order valence-corrected chi connectivity index (χ0v) is 18.7. The van der Waals surface area contributed by atoms with Crippen LogP contribution in [-0.4, -0.2) is 10.1 Å². The van der Waals surface area contributed by atoms with Gasteiger partial charge in [0, 0.05) is 16.5 Å². The lowest BCUT2D eigenvalue weighted by atomic mass is 10.1. The van der Waals surface area contributed by atoms with Crippen molar-refractivity contribution in [2.45, 2.75) is 6.18 Å². The van der Waals surface area contributed by atoms with Gasteiger partial charge >= 0.3 is 6.18 Å². The number of aromatic nitrogens is 1. The van der Waals surface area contributed by atoms with E-state index in [-0.39, 0.29) is 22.7 Å². The first kappa shape index (κ1) is 22.4. The van der Waals surface area contributed by atoms with Crippen molar-refractivity contribution in [2.75, 3.05) is 0 Å². The first-order valence-corrected chi connectivity index (χ1v) is 11.3. The monoisotopic (exact) mass is 488 g/mol. The molecule has 0 fully saturated rings. The molecule has 0 atom stereocenters. The number of nitrogens with zero attached hydrogens (tertiary/aromatic N) is 2. The summed E-state index contributed by atoms with van der Waals surface area (Å²) in [5, 5.41) is 24.7. The Labute approximate surface area is 201 Å². The number of allylic oxidation sites excluding steroid dienone is 1. The molecule has 5 rings (SSSR count). The maximum absolute atomic E-state index is 13.0. The maximum Gasteiger partial charge on any atom is 0.416 e. The van der Waals surface area contributed by atoms with Crippen LogP contribution in [-0.2, 0) is 6.18 Å². The Hall–Kier alpha value is -4.35. The van der Waals surface area contributed by atoms with Crippen molar-refractivity contribution >= 4 is 33.4 Å². The van der Waals surface area contributed by atoms with E-state index in [1.54, 1.807) is 5.38 Å². The minimum Gasteiger partial charge on any atom is -0.503 e. The van der Waals surface area contributed by atoms with Crippen molar-refractivity contribution < 1.29 is 22.7 Å². The van der Waals surface area contributed by atoms with Gasteiger partial charge in [-0.1, -0.05) is 48.5 Å². The molecule has 3 aromatic carbocycles. The van der Waals surface area contributed by atoms with Gasteiger partial charge in [-0.2, -0.15) is 18.4 Å². The Bertz CT molecular complexity index is 1620. The van der Waals surface area contributed by atoms with Crippen molar-refractivity contribution in [3.63, 3.8) is 0 Å². The number of fused-ring (bicyclic) bond motifs is 1. The number of halogens is 3. The molecule has 0 aliphatic carbocycles. The number of rotatable bonds is 4. The number of thiazole rings is 1. The smallest absolute Gasteiger partial charge is 0.416 e. The predicted octanol–water partition coefficient (Wildman–Crippen LogP) is 8.19. The minimum absolute atomic E-state index is 0.0450. The van der Waals surface area contributed by atoms with Crippen LogP contribution >= 0.6 is 11.3 Å². The standard InChI is InChI=1S/C27H15F3N2O2S/c28-27(29,30)20-7-3-6-19(13-20)23-10-11-24(34-23)25(33)21(14-31)26-32-22(15-35-26)18-9-8-16-4-1-2-5-17(16)12-18/h1-13,15,33H/b25-21-. The molecule has 0 aliphatic heterocycles. The van der Waals surface area contributed by atoms with E-state index >= 15 is 0 Å². The second-order valence-electron chi connectivity index (χ2n) is 7.68. The third-order valence-electron chi connectivity index (χ3n) is 5.43. The molecular weight excluding hydrogens is 473 g/mol. The number of hydrogen-bond donors (Lipinski definition) is 1. The third-order valence-corrected chi connectivity index (χ3v) is 6.29. The fourth-order valence-electron chi connectivity index (χ4n) is 3.66. The molecule has 1 N–H and O–H groups in total. The number of hydrogen-bond acceptors (Lipinski definition) is 5. The molecule has 172 valence electrons. The van der Waals surface area contributed by atoms with Gasteiger partial charge in [0.05, 0.1) is 11.3 Å². The highest BCUT2D eigenvalue weighted by molar-refractivity contribution is 7.11. The summed E-state index contributed by atoms with van der Waals surface area (Å²) in [5.41, 5.74) is 0.819. The molecule has 0 bridgehead atoms. The van der Waals surface area contributed by atoms with E-state index in [4.69, 9.17) is 4.42 Å². The molecule has 0 saturated heterocycles. The van der Waals surface area contributed by atoms with Crippen LogP contribution < -0.4 is 0 Å². The largest absolute Gasteiger partial charge is 0.503 e. The fraction of sp³-hybridized carbons (Fsp3) is 0.0370. The highest BCUT2D eigenvalue weighted by atomic mass is 32.1. The summed E-state index contributed by atoms with van der Waals surface area (Å²) in [6.07, 6.45) is -4.49. The van der Waals surface area contributed by atoms with Crippen LogP contribution in [0.15, 0.2) is 88.7 Å². The Morgan fingerprint density at radius 1 is 0.914 bits per heavy atom. The highest BCUT2D eigenvalue weighted by Gasteiger charge is 2.30. The minimum atomic E-state index is -4.49. The third kappa shape index (κ3) is 4.42. The summed E-state index contributed by atoms with van der Waals surface area (Å²) >= 11 is 1.20. The number of furan rings is 1. The number of alkyl halides is 3. The Morgan fingerprint density at radius 2 is 1.71 bits per heavy atom. The molecule has 5 aromatic rings. The molecule has 2 aromatic heterocycles. The maximum atomic E-state index is 13.0. The first-order chi connectivity index (χ1) is 16.8. The van der Waals surface area contributed by atoms with Crippen molar-refractivity contribution in [3.05, 3.63) is 101 Å². The van der Waals surface area contributed by atoms with Gasteiger partial charge in [-0.05, 0) is 41.1 Å². The molecule has 0 radical (unpaired) electrons. The lowest BCUT2D eigenvalue weighted by molar-refractivity contribution is -0.137. The van der Waals surface area contributed by atoms with E-state index in [1.165, 1.54) is 35.6 Å². The van der Waals surface area contributed by atoms with Crippen LogP contribution in [0.25, 0.3) is 44.7 Å². The summed E-state index contributed by atoms with van der Waals surface area (Å²) in [6.45, 7) is 0. The molecule has 4 nitrogen and oxygen atoms in total. The van der Waals surface area contributed by atoms with Crippen molar-refractivity contribution in [2.24, 2.45) is 0 Å². The second-order valence-corrected chi connectivity index (χ2v) is 8.54. The van der Waals surface area contributed by atoms with Gasteiger partial charge in [0.1, 0.15) is 22.4 Å². The summed E-state index contributed by atoms with van der Waals surface area (Å²) in [4.78, 5) is 4.52. The molecule has 0 unspecified atom stereocenters. The van der Waals surface area contributed by atoms with Gasteiger partial charge in [0.25, 0.3) is 0 Å². The number of aliphatic hydroxyl groups excluding tert-OH is 1. The zero-order chi connectivity index (χ0) is 24.6. The van der Waals surface area contributed by atoms with Crippen molar-refractivity contribution in [1.29, 1.82) is 5.26 Å². The normalized spacial score (nSPS) is 12.4. The lowest BCUT2D eigenvalue weighted by Crippen LogP contribution is -2.04. The average molecular weight is 488 g/mol. The zero-order valence-electron chi connectivity index (χ0n) is 17.9. The van der Waals surface area contributed by atoms with Gasteiger partial charge in [-0.25, -0.2) is 4.98 Å². The molecule has 0 amide bonds. The molecular formula is C27H15F3N2O2S. The van der Waals surface area contributed by atoms with Crippen LogP contribution in [0.5, 0.6) is 0 Å². The second kappa shape index (κ2) is 8.78. The van der Waals surface area contributed by atoms with Gasteiger partial charge < -0.3 is 9.52 Å². The van der Waals surface area contributed by atoms with Crippen LogP contribution in [0.1, 0.15) is 16.3 Å². The molecule has 2 heterocycles. The topological polar surface area (TPSA) is 70.0 Å².